The molecule has 0 saturated heterocycles. The first-order valence-electron chi connectivity index (χ1n) is 5.91. The molecule has 0 radical (unpaired) electrons. The number of fused-ring (bicyclic) bond motifs is 1. The molecule has 2 rings (SSSR count). The highest BCUT2D eigenvalue weighted by Crippen LogP contribution is 2.38. The van der Waals surface area contributed by atoms with E-state index >= 15 is 0 Å². The summed E-state index contributed by atoms with van der Waals surface area (Å²) in [6, 6.07) is 4.29. The third-order valence-corrected chi connectivity index (χ3v) is 3.08. The first-order valence-corrected chi connectivity index (χ1v) is 5.91. The minimum absolute atomic E-state index is 0.175. The summed E-state index contributed by atoms with van der Waals surface area (Å²) >= 11 is 0. The van der Waals surface area contributed by atoms with Crippen LogP contribution in [0.4, 0.5) is 5.69 Å². The maximum Gasteiger partial charge on any atom is 0.162 e. The Kier molecular flexibility index (Phi) is 3.43. The van der Waals surface area contributed by atoms with E-state index in [1.54, 1.807) is 14.2 Å². The third-order valence-electron chi connectivity index (χ3n) is 3.08. The van der Waals surface area contributed by atoms with Gasteiger partial charge in [0.25, 0.3) is 0 Å². The molecule has 1 aliphatic heterocycles. The minimum atomic E-state index is 0.175. The average molecular weight is 236 g/mol. The second-order valence-corrected chi connectivity index (χ2v) is 4.51. The number of rotatable bonds is 4. The lowest BCUT2D eigenvalue weighted by Gasteiger charge is -2.22. The van der Waals surface area contributed by atoms with E-state index in [1.807, 2.05) is 13.0 Å². The van der Waals surface area contributed by atoms with Gasteiger partial charge in [-0.05, 0) is 25.0 Å². The van der Waals surface area contributed by atoms with Crippen molar-refractivity contribution >= 4 is 5.69 Å². The van der Waals surface area contributed by atoms with Crippen molar-refractivity contribution in [2.75, 3.05) is 32.2 Å². The lowest BCUT2D eigenvalue weighted by Crippen LogP contribution is -2.34. The molecule has 0 saturated carbocycles. The number of ether oxygens (including phenoxy) is 2. The average Bonchev–Trinajstić information content (AvgIpc) is 2.69. The highest BCUT2D eigenvalue weighted by Gasteiger charge is 2.22. The van der Waals surface area contributed by atoms with Gasteiger partial charge >= 0.3 is 0 Å². The fourth-order valence-electron chi connectivity index (χ4n) is 2.32. The number of nitrogens with zero attached hydrogens (tertiary/aromatic N) is 1. The molecule has 1 heterocycles. The normalized spacial score (nSPS) is 15.6. The van der Waals surface area contributed by atoms with E-state index < -0.39 is 0 Å². The van der Waals surface area contributed by atoms with Gasteiger partial charge in [-0.2, -0.15) is 0 Å². The largest absolute Gasteiger partial charge is 0.493 e. The molecule has 1 aromatic rings. The molecular formula is C13H20N2O2. The van der Waals surface area contributed by atoms with Gasteiger partial charge in [-0.3, -0.25) is 0 Å². The zero-order valence-electron chi connectivity index (χ0n) is 10.7. The minimum Gasteiger partial charge on any atom is -0.493 e. The second-order valence-electron chi connectivity index (χ2n) is 4.51. The molecule has 1 atom stereocenters. The quantitative estimate of drug-likeness (QED) is 0.858. The standard InChI is InChI=1S/C13H20N2O2/c1-9(14)8-15-5-4-10-6-12(16-2)13(17-3)7-11(10)15/h6-7,9H,4-5,8,14H2,1-3H3. The summed E-state index contributed by atoms with van der Waals surface area (Å²) in [6.45, 7) is 3.93. The topological polar surface area (TPSA) is 47.7 Å². The second kappa shape index (κ2) is 4.84. The Bertz CT molecular complexity index is 405. The van der Waals surface area contributed by atoms with Crippen molar-refractivity contribution in [2.24, 2.45) is 5.73 Å². The van der Waals surface area contributed by atoms with Crippen LogP contribution in [0.5, 0.6) is 11.5 Å². The SMILES string of the molecule is COc1cc2c(cc1OC)N(CC(C)N)CC2. The molecule has 17 heavy (non-hydrogen) atoms. The molecule has 4 heteroatoms. The van der Waals surface area contributed by atoms with Gasteiger partial charge in [0.2, 0.25) is 0 Å². The van der Waals surface area contributed by atoms with Gasteiger partial charge in [0, 0.05) is 30.9 Å². The van der Waals surface area contributed by atoms with Crippen molar-refractivity contribution in [3.8, 4) is 11.5 Å². The summed E-state index contributed by atoms with van der Waals surface area (Å²) in [4.78, 5) is 2.31. The van der Waals surface area contributed by atoms with E-state index in [0.717, 1.165) is 31.0 Å². The summed E-state index contributed by atoms with van der Waals surface area (Å²) in [7, 11) is 3.33. The number of hydrogen-bond donors (Lipinski definition) is 1. The lowest BCUT2D eigenvalue weighted by atomic mass is 10.1. The summed E-state index contributed by atoms with van der Waals surface area (Å²) in [6.07, 6.45) is 1.04. The fraction of sp³-hybridized carbons (Fsp3) is 0.538. The molecule has 4 nitrogen and oxygen atoms in total. The Morgan fingerprint density at radius 3 is 2.53 bits per heavy atom. The lowest BCUT2D eigenvalue weighted by molar-refractivity contribution is 0.355. The monoisotopic (exact) mass is 236 g/mol. The van der Waals surface area contributed by atoms with Gasteiger partial charge in [-0.1, -0.05) is 0 Å². The number of hydrogen-bond acceptors (Lipinski definition) is 4. The Balaban J connectivity index is 2.32. The number of benzene rings is 1. The summed E-state index contributed by atoms with van der Waals surface area (Å²) < 4.78 is 10.6. The Morgan fingerprint density at radius 2 is 1.94 bits per heavy atom. The maximum absolute atomic E-state index is 5.86. The van der Waals surface area contributed by atoms with E-state index in [4.69, 9.17) is 15.2 Å². The summed E-state index contributed by atoms with van der Waals surface area (Å²) in [5.41, 5.74) is 8.39. The van der Waals surface area contributed by atoms with Crippen molar-refractivity contribution in [2.45, 2.75) is 19.4 Å². The highest BCUT2D eigenvalue weighted by molar-refractivity contribution is 5.65. The zero-order valence-corrected chi connectivity index (χ0v) is 10.7. The Labute approximate surface area is 102 Å². The van der Waals surface area contributed by atoms with Crippen LogP contribution in [0.3, 0.4) is 0 Å². The van der Waals surface area contributed by atoms with Crippen LogP contribution in [0.15, 0.2) is 12.1 Å². The summed E-state index contributed by atoms with van der Waals surface area (Å²) in [5.74, 6) is 1.58. The van der Waals surface area contributed by atoms with Crippen molar-refractivity contribution in [3.63, 3.8) is 0 Å². The molecule has 0 spiro atoms. The van der Waals surface area contributed by atoms with E-state index in [2.05, 4.69) is 11.0 Å². The van der Waals surface area contributed by atoms with Gasteiger partial charge in [0.1, 0.15) is 0 Å². The van der Waals surface area contributed by atoms with Crippen LogP contribution in [0.2, 0.25) is 0 Å². The molecule has 0 amide bonds. The summed E-state index contributed by atoms with van der Waals surface area (Å²) in [5, 5.41) is 0. The van der Waals surface area contributed by atoms with Gasteiger partial charge < -0.3 is 20.1 Å². The number of nitrogens with two attached hydrogens (primary N) is 1. The molecule has 2 N–H and O–H groups in total. The van der Waals surface area contributed by atoms with Crippen LogP contribution in [0.1, 0.15) is 12.5 Å². The first kappa shape index (κ1) is 12.0. The van der Waals surface area contributed by atoms with Crippen molar-refractivity contribution in [1.82, 2.24) is 0 Å². The zero-order chi connectivity index (χ0) is 12.4. The van der Waals surface area contributed by atoms with E-state index in [-0.39, 0.29) is 6.04 Å². The number of methoxy groups -OCH3 is 2. The van der Waals surface area contributed by atoms with Crippen molar-refractivity contribution in [3.05, 3.63) is 17.7 Å². The maximum atomic E-state index is 5.86. The van der Waals surface area contributed by atoms with Crippen LogP contribution < -0.4 is 20.1 Å². The fourth-order valence-corrected chi connectivity index (χ4v) is 2.32. The van der Waals surface area contributed by atoms with Crippen LogP contribution in [-0.2, 0) is 6.42 Å². The molecule has 1 aromatic carbocycles. The van der Waals surface area contributed by atoms with Crippen LogP contribution >= 0.6 is 0 Å². The van der Waals surface area contributed by atoms with E-state index in [1.165, 1.54) is 11.3 Å². The van der Waals surface area contributed by atoms with Gasteiger partial charge in [-0.15, -0.1) is 0 Å². The van der Waals surface area contributed by atoms with Crippen LogP contribution in [0.25, 0.3) is 0 Å². The predicted octanol–water partition coefficient (Wildman–Crippen LogP) is 1.41. The van der Waals surface area contributed by atoms with Gasteiger partial charge in [0.05, 0.1) is 14.2 Å². The smallest absolute Gasteiger partial charge is 0.162 e. The van der Waals surface area contributed by atoms with E-state index in [0.29, 0.717) is 0 Å². The third kappa shape index (κ3) is 2.31. The Morgan fingerprint density at radius 1 is 1.29 bits per heavy atom. The molecule has 94 valence electrons. The molecule has 1 aliphatic rings. The molecule has 0 aliphatic carbocycles. The van der Waals surface area contributed by atoms with Gasteiger partial charge in [0.15, 0.2) is 11.5 Å². The first-order chi connectivity index (χ1) is 8.15. The Hall–Kier alpha value is -1.42. The van der Waals surface area contributed by atoms with Crippen molar-refractivity contribution in [1.29, 1.82) is 0 Å². The molecule has 1 unspecified atom stereocenters. The molecule has 0 fully saturated rings. The highest BCUT2D eigenvalue weighted by atomic mass is 16.5. The van der Waals surface area contributed by atoms with E-state index in [9.17, 15) is 0 Å². The van der Waals surface area contributed by atoms with Crippen LogP contribution in [0, 0.1) is 0 Å². The van der Waals surface area contributed by atoms with Crippen LogP contribution in [-0.4, -0.2) is 33.4 Å². The predicted molar refractivity (Wildman–Crippen MR) is 69.1 cm³/mol. The van der Waals surface area contributed by atoms with Crippen molar-refractivity contribution < 1.29 is 9.47 Å². The molecule has 0 bridgehead atoms. The van der Waals surface area contributed by atoms with Gasteiger partial charge in [-0.25, -0.2) is 0 Å². The number of anilines is 1. The molecular weight excluding hydrogens is 216 g/mol. The molecule has 0 aromatic heterocycles.